The molecular formula is C14H20N2OS. The molecule has 1 heterocycles. The van der Waals surface area contributed by atoms with Gasteiger partial charge < -0.3 is 10.6 Å². The zero-order valence-corrected chi connectivity index (χ0v) is 11.8. The van der Waals surface area contributed by atoms with E-state index in [2.05, 4.69) is 6.07 Å². The van der Waals surface area contributed by atoms with Gasteiger partial charge in [0.25, 0.3) is 5.91 Å². The molecule has 98 valence electrons. The van der Waals surface area contributed by atoms with E-state index in [1.54, 1.807) is 11.8 Å². The van der Waals surface area contributed by atoms with Gasteiger partial charge in [0.2, 0.25) is 0 Å². The molecule has 1 unspecified atom stereocenters. The Bertz CT molecular complexity index is 447. The number of likely N-dealkylation sites (tertiary alicyclic amines) is 1. The van der Waals surface area contributed by atoms with Gasteiger partial charge in [0.15, 0.2) is 0 Å². The van der Waals surface area contributed by atoms with Crippen LogP contribution in [0.4, 0.5) is 0 Å². The van der Waals surface area contributed by atoms with Crippen LogP contribution in [0.5, 0.6) is 0 Å². The number of carbonyl (C=O) groups excluding carboxylic acids is 1. The molecule has 1 fully saturated rings. The lowest BCUT2D eigenvalue weighted by atomic mass is 10.0. The fourth-order valence-electron chi connectivity index (χ4n) is 2.32. The fraction of sp³-hybridized carbons (Fsp3) is 0.500. The number of aryl methyl sites for hydroxylation is 1. The first-order chi connectivity index (χ1) is 8.61. The topological polar surface area (TPSA) is 46.3 Å². The highest BCUT2D eigenvalue weighted by Crippen LogP contribution is 2.21. The molecule has 1 aromatic carbocycles. The Morgan fingerprint density at radius 2 is 2.28 bits per heavy atom. The number of piperidine rings is 1. The van der Waals surface area contributed by atoms with Crippen molar-refractivity contribution in [3.05, 3.63) is 29.3 Å². The van der Waals surface area contributed by atoms with E-state index >= 15 is 0 Å². The lowest BCUT2D eigenvalue weighted by molar-refractivity contribution is 0.0708. The zero-order chi connectivity index (χ0) is 13.1. The average Bonchev–Trinajstić information content (AvgIpc) is 2.38. The Kier molecular flexibility index (Phi) is 4.30. The summed E-state index contributed by atoms with van der Waals surface area (Å²) in [5.41, 5.74) is 7.79. The van der Waals surface area contributed by atoms with E-state index in [0.29, 0.717) is 6.54 Å². The van der Waals surface area contributed by atoms with Gasteiger partial charge in [-0.3, -0.25) is 4.79 Å². The monoisotopic (exact) mass is 264 g/mol. The molecule has 0 aliphatic carbocycles. The smallest absolute Gasteiger partial charge is 0.254 e. The third kappa shape index (κ3) is 2.87. The average molecular weight is 264 g/mol. The van der Waals surface area contributed by atoms with Crippen LogP contribution in [-0.2, 0) is 0 Å². The molecule has 18 heavy (non-hydrogen) atoms. The van der Waals surface area contributed by atoms with Crippen LogP contribution < -0.4 is 5.73 Å². The van der Waals surface area contributed by atoms with Crippen molar-refractivity contribution >= 4 is 17.7 Å². The maximum Gasteiger partial charge on any atom is 0.254 e. The summed E-state index contributed by atoms with van der Waals surface area (Å²) in [6, 6.07) is 6.19. The van der Waals surface area contributed by atoms with Crippen LogP contribution >= 0.6 is 11.8 Å². The van der Waals surface area contributed by atoms with Crippen molar-refractivity contribution in [3.63, 3.8) is 0 Å². The highest BCUT2D eigenvalue weighted by molar-refractivity contribution is 7.98. The molecule has 0 saturated carbocycles. The van der Waals surface area contributed by atoms with E-state index in [0.717, 1.165) is 35.4 Å². The van der Waals surface area contributed by atoms with Crippen molar-refractivity contribution < 1.29 is 4.79 Å². The lowest BCUT2D eigenvalue weighted by Crippen LogP contribution is -2.45. The van der Waals surface area contributed by atoms with Crippen molar-refractivity contribution in [2.45, 2.75) is 30.7 Å². The molecule has 3 nitrogen and oxygen atoms in total. The molecule has 0 bridgehead atoms. The Labute approximate surface area is 113 Å². The number of amides is 1. The van der Waals surface area contributed by atoms with E-state index in [9.17, 15) is 4.79 Å². The summed E-state index contributed by atoms with van der Waals surface area (Å²) in [6.45, 7) is 3.50. The summed E-state index contributed by atoms with van der Waals surface area (Å²) in [5, 5.41) is 0. The Morgan fingerprint density at radius 3 is 2.94 bits per heavy atom. The first-order valence-corrected chi connectivity index (χ1v) is 7.54. The van der Waals surface area contributed by atoms with Gasteiger partial charge in [-0.05, 0) is 43.7 Å². The summed E-state index contributed by atoms with van der Waals surface area (Å²) in [5.74, 6) is 0.124. The minimum absolute atomic E-state index is 0.124. The number of rotatable bonds is 2. The first kappa shape index (κ1) is 13.4. The normalized spacial score (nSPS) is 19.9. The molecule has 1 atom stereocenters. The summed E-state index contributed by atoms with van der Waals surface area (Å²) in [4.78, 5) is 15.5. The summed E-state index contributed by atoms with van der Waals surface area (Å²) < 4.78 is 0. The largest absolute Gasteiger partial charge is 0.337 e. The molecular weight excluding hydrogens is 244 g/mol. The number of thioether (sulfide) groups is 1. The molecule has 1 saturated heterocycles. The van der Waals surface area contributed by atoms with Gasteiger partial charge in [-0.1, -0.05) is 6.07 Å². The van der Waals surface area contributed by atoms with E-state index < -0.39 is 0 Å². The number of benzene rings is 1. The SMILES string of the molecule is CSc1ccc(C)c(C(=O)N2CCCC(N)C2)c1. The second-order valence-electron chi connectivity index (χ2n) is 4.83. The quantitative estimate of drug-likeness (QED) is 0.834. The Morgan fingerprint density at radius 1 is 1.50 bits per heavy atom. The van der Waals surface area contributed by atoms with Crippen LogP contribution in [0.2, 0.25) is 0 Å². The van der Waals surface area contributed by atoms with Gasteiger partial charge in [0.1, 0.15) is 0 Å². The standard InChI is InChI=1S/C14H20N2OS/c1-10-5-6-12(18-2)8-13(10)14(17)16-7-3-4-11(15)9-16/h5-6,8,11H,3-4,7,9,15H2,1-2H3. The zero-order valence-electron chi connectivity index (χ0n) is 11.0. The number of hydrogen-bond donors (Lipinski definition) is 1. The summed E-state index contributed by atoms with van der Waals surface area (Å²) in [6.07, 6.45) is 4.05. The predicted octanol–water partition coefficient (Wildman–Crippen LogP) is 2.28. The van der Waals surface area contributed by atoms with Crippen molar-refractivity contribution in [2.24, 2.45) is 5.73 Å². The van der Waals surface area contributed by atoms with Crippen molar-refractivity contribution in [1.82, 2.24) is 4.90 Å². The van der Waals surface area contributed by atoms with Crippen LogP contribution in [0.15, 0.2) is 23.1 Å². The molecule has 2 N–H and O–H groups in total. The minimum Gasteiger partial charge on any atom is -0.337 e. The van der Waals surface area contributed by atoms with E-state index in [-0.39, 0.29) is 11.9 Å². The molecule has 1 aliphatic rings. The number of hydrogen-bond acceptors (Lipinski definition) is 3. The second-order valence-corrected chi connectivity index (χ2v) is 5.71. The third-order valence-electron chi connectivity index (χ3n) is 3.42. The van der Waals surface area contributed by atoms with Crippen LogP contribution in [-0.4, -0.2) is 36.2 Å². The van der Waals surface area contributed by atoms with Crippen molar-refractivity contribution in [1.29, 1.82) is 0 Å². The van der Waals surface area contributed by atoms with Crippen LogP contribution in [0.25, 0.3) is 0 Å². The van der Waals surface area contributed by atoms with Gasteiger partial charge >= 0.3 is 0 Å². The van der Waals surface area contributed by atoms with E-state index in [4.69, 9.17) is 5.73 Å². The second kappa shape index (κ2) is 5.76. The Balaban J connectivity index is 2.22. The molecule has 2 rings (SSSR count). The highest BCUT2D eigenvalue weighted by atomic mass is 32.2. The third-order valence-corrected chi connectivity index (χ3v) is 4.15. The first-order valence-electron chi connectivity index (χ1n) is 6.31. The summed E-state index contributed by atoms with van der Waals surface area (Å²) in [7, 11) is 0. The van der Waals surface area contributed by atoms with Gasteiger partial charge in [0, 0.05) is 29.6 Å². The molecule has 0 radical (unpaired) electrons. The predicted molar refractivity (Wildman–Crippen MR) is 76.1 cm³/mol. The van der Waals surface area contributed by atoms with Crippen LogP contribution in [0.1, 0.15) is 28.8 Å². The maximum atomic E-state index is 12.5. The van der Waals surface area contributed by atoms with Gasteiger partial charge in [-0.15, -0.1) is 11.8 Å². The summed E-state index contributed by atoms with van der Waals surface area (Å²) >= 11 is 1.66. The molecule has 0 spiro atoms. The minimum atomic E-state index is 0.124. The Hall–Kier alpha value is -1.00. The van der Waals surface area contributed by atoms with Gasteiger partial charge in [-0.25, -0.2) is 0 Å². The van der Waals surface area contributed by atoms with Crippen molar-refractivity contribution in [3.8, 4) is 0 Å². The number of nitrogens with zero attached hydrogens (tertiary/aromatic N) is 1. The van der Waals surface area contributed by atoms with Gasteiger partial charge in [-0.2, -0.15) is 0 Å². The van der Waals surface area contributed by atoms with E-state index in [1.807, 2.05) is 30.2 Å². The molecule has 1 amide bonds. The van der Waals surface area contributed by atoms with Gasteiger partial charge in [0.05, 0.1) is 0 Å². The highest BCUT2D eigenvalue weighted by Gasteiger charge is 2.23. The maximum absolute atomic E-state index is 12.5. The molecule has 0 aromatic heterocycles. The molecule has 4 heteroatoms. The number of nitrogens with two attached hydrogens (primary N) is 1. The van der Waals surface area contributed by atoms with Crippen LogP contribution in [0, 0.1) is 6.92 Å². The number of carbonyl (C=O) groups is 1. The fourth-order valence-corrected chi connectivity index (χ4v) is 2.76. The lowest BCUT2D eigenvalue weighted by Gasteiger charge is -2.31. The van der Waals surface area contributed by atoms with Crippen LogP contribution in [0.3, 0.4) is 0 Å². The van der Waals surface area contributed by atoms with Crippen molar-refractivity contribution in [2.75, 3.05) is 19.3 Å². The molecule has 1 aromatic rings. The molecule has 1 aliphatic heterocycles. The van der Waals surface area contributed by atoms with E-state index in [1.165, 1.54) is 0 Å².